The zero-order valence-electron chi connectivity index (χ0n) is 18.0. The van der Waals surface area contributed by atoms with E-state index in [1.807, 2.05) is 0 Å². The second-order valence-electron chi connectivity index (χ2n) is 7.66. The van der Waals surface area contributed by atoms with Crippen molar-refractivity contribution in [2.45, 2.75) is 6.42 Å². The van der Waals surface area contributed by atoms with Gasteiger partial charge in [0, 0.05) is 37.4 Å². The summed E-state index contributed by atoms with van der Waals surface area (Å²) in [5, 5.41) is 2.98. The quantitative estimate of drug-likeness (QED) is 0.638. The van der Waals surface area contributed by atoms with E-state index in [0.717, 1.165) is 19.6 Å². The zero-order valence-corrected chi connectivity index (χ0v) is 18.0. The van der Waals surface area contributed by atoms with E-state index >= 15 is 0 Å². The minimum atomic E-state index is -0.436. The standard InChI is InChI=1S/C24H26FN3O4/c1-31-20-9-3-2-8-19(20)21-22(26-18-7-4-6-17(25)16-18)24(30)28(23(21)29)11-5-10-27-12-14-32-15-13-27/h2-4,6-9,16,26H,5,10-15H2,1H3. The lowest BCUT2D eigenvalue weighted by molar-refractivity contribution is -0.136. The third-order valence-electron chi connectivity index (χ3n) is 5.60. The molecule has 0 unspecified atom stereocenters. The fourth-order valence-electron chi connectivity index (χ4n) is 3.98. The van der Waals surface area contributed by atoms with Crippen molar-refractivity contribution in [3.05, 3.63) is 65.6 Å². The molecule has 2 aromatic carbocycles. The molecule has 8 heteroatoms. The first-order valence-electron chi connectivity index (χ1n) is 10.6. The molecular formula is C24H26FN3O4. The van der Waals surface area contributed by atoms with Crippen LogP contribution in [0.4, 0.5) is 10.1 Å². The van der Waals surface area contributed by atoms with Crippen LogP contribution in [0.2, 0.25) is 0 Å². The molecule has 2 heterocycles. The fourth-order valence-corrected chi connectivity index (χ4v) is 3.98. The number of carbonyl (C=O) groups is 2. The Kier molecular flexibility index (Phi) is 6.82. The van der Waals surface area contributed by atoms with E-state index in [1.165, 1.54) is 24.1 Å². The summed E-state index contributed by atoms with van der Waals surface area (Å²) in [7, 11) is 1.51. The van der Waals surface area contributed by atoms with Gasteiger partial charge in [-0.05, 0) is 30.7 Å². The zero-order chi connectivity index (χ0) is 22.5. The molecule has 1 N–H and O–H groups in total. The molecule has 0 saturated carbocycles. The molecule has 7 nitrogen and oxygen atoms in total. The van der Waals surface area contributed by atoms with Gasteiger partial charge in [0.2, 0.25) is 0 Å². The van der Waals surface area contributed by atoms with E-state index in [1.54, 1.807) is 36.4 Å². The normalized spacial score (nSPS) is 17.2. The number of hydrogen-bond acceptors (Lipinski definition) is 6. The van der Waals surface area contributed by atoms with Gasteiger partial charge in [-0.25, -0.2) is 4.39 Å². The molecule has 0 radical (unpaired) electrons. The molecule has 1 fully saturated rings. The van der Waals surface area contributed by atoms with Crippen LogP contribution in [0.1, 0.15) is 12.0 Å². The van der Waals surface area contributed by atoms with Crippen molar-refractivity contribution < 1.29 is 23.5 Å². The number of benzene rings is 2. The molecule has 168 valence electrons. The number of halogens is 1. The van der Waals surface area contributed by atoms with Gasteiger partial charge in [-0.3, -0.25) is 19.4 Å². The summed E-state index contributed by atoms with van der Waals surface area (Å²) >= 11 is 0. The molecule has 0 spiro atoms. The number of amides is 2. The summed E-state index contributed by atoms with van der Waals surface area (Å²) in [6.45, 7) is 4.16. The number of nitrogens with zero attached hydrogens (tertiary/aromatic N) is 2. The maximum absolute atomic E-state index is 13.7. The Bertz CT molecular complexity index is 1030. The second-order valence-corrected chi connectivity index (χ2v) is 7.66. The maximum Gasteiger partial charge on any atom is 0.278 e. The van der Waals surface area contributed by atoms with Crippen molar-refractivity contribution in [2.24, 2.45) is 0 Å². The van der Waals surface area contributed by atoms with Crippen LogP contribution in [0, 0.1) is 5.82 Å². The van der Waals surface area contributed by atoms with E-state index in [2.05, 4.69) is 10.2 Å². The predicted octanol–water partition coefficient (Wildman–Crippen LogP) is 2.75. The third-order valence-corrected chi connectivity index (χ3v) is 5.60. The Hall–Kier alpha value is -3.23. The summed E-state index contributed by atoms with van der Waals surface area (Å²) in [4.78, 5) is 30.2. The van der Waals surface area contributed by atoms with Crippen LogP contribution in [0.5, 0.6) is 5.75 Å². The Morgan fingerprint density at radius 1 is 1.03 bits per heavy atom. The van der Waals surface area contributed by atoms with E-state index in [0.29, 0.717) is 43.2 Å². The molecule has 4 rings (SSSR count). The maximum atomic E-state index is 13.7. The second kappa shape index (κ2) is 9.93. The van der Waals surface area contributed by atoms with Crippen LogP contribution in [0.15, 0.2) is 54.2 Å². The van der Waals surface area contributed by atoms with Crippen LogP contribution in [-0.2, 0) is 14.3 Å². The summed E-state index contributed by atoms with van der Waals surface area (Å²) in [5.74, 6) is -0.770. The van der Waals surface area contributed by atoms with Gasteiger partial charge in [0.15, 0.2) is 0 Å². The molecule has 0 aliphatic carbocycles. The number of anilines is 1. The van der Waals surface area contributed by atoms with E-state index in [-0.39, 0.29) is 17.2 Å². The molecule has 2 aliphatic rings. The largest absolute Gasteiger partial charge is 0.496 e. The summed E-state index contributed by atoms with van der Waals surface area (Å²) < 4.78 is 24.5. The predicted molar refractivity (Wildman–Crippen MR) is 119 cm³/mol. The Labute approximate surface area is 186 Å². The average molecular weight is 439 g/mol. The molecule has 2 amide bonds. The van der Waals surface area contributed by atoms with Gasteiger partial charge >= 0.3 is 0 Å². The van der Waals surface area contributed by atoms with Crippen molar-refractivity contribution in [3.63, 3.8) is 0 Å². The van der Waals surface area contributed by atoms with E-state index in [9.17, 15) is 14.0 Å². The van der Waals surface area contributed by atoms with Crippen LogP contribution < -0.4 is 10.1 Å². The first-order valence-corrected chi connectivity index (χ1v) is 10.6. The van der Waals surface area contributed by atoms with Crippen molar-refractivity contribution >= 4 is 23.1 Å². The monoisotopic (exact) mass is 439 g/mol. The van der Waals surface area contributed by atoms with Crippen molar-refractivity contribution in [2.75, 3.05) is 51.8 Å². The highest BCUT2D eigenvalue weighted by Crippen LogP contribution is 2.35. The number of nitrogens with one attached hydrogen (secondary N) is 1. The van der Waals surface area contributed by atoms with Gasteiger partial charge in [0.25, 0.3) is 11.8 Å². The average Bonchev–Trinajstić information content (AvgIpc) is 3.04. The lowest BCUT2D eigenvalue weighted by Gasteiger charge is -2.27. The van der Waals surface area contributed by atoms with Gasteiger partial charge < -0.3 is 14.8 Å². The number of methoxy groups -OCH3 is 1. The van der Waals surface area contributed by atoms with Crippen molar-refractivity contribution in [1.29, 1.82) is 0 Å². The Morgan fingerprint density at radius 2 is 1.81 bits per heavy atom. The summed E-state index contributed by atoms with van der Waals surface area (Å²) in [5.41, 5.74) is 1.26. The first-order chi connectivity index (χ1) is 15.6. The minimum Gasteiger partial charge on any atom is -0.496 e. The number of carbonyl (C=O) groups excluding carboxylic acids is 2. The molecule has 1 saturated heterocycles. The van der Waals surface area contributed by atoms with Gasteiger partial charge in [-0.2, -0.15) is 0 Å². The third kappa shape index (κ3) is 4.66. The number of morpholine rings is 1. The highest BCUT2D eigenvalue weighted by Gasteiger charge is 2.40. The Balaban J connectivity index is 1.60. The molecule has 0 atom stereocenters. The van der Waals surface area contributed by atoms with Crippen LogP contribution in [0.25, 0.3) is 5.57 Å². The highest BCUT2D eigenvalue weighted by molar-refractivity contribution is 6.37. The minimum absolute atomic E-state index is 0.122. The number of hydrogen-bond donors (Lipinski definition) is 1. The molecule has 32 heavy (non-hydrogen) atoms. The van der Waals surface area contributed by atoms with E-state index in [4.69, 9.17) is 9.47 Å². The number of imide groups is 1. The lowest BCUT2D eigenvalue weighted by atomic mass is 10.0. The van der Waals surface area contributed by atoms with Crippen molar-refractivity contribution in [3.8, 4) is 5.75 Å². The van der Waals surface area contributed by atoms with Gasteiger partial charge in [-0.15, -0.1) is 0 Å². The summed E-state index contributed by atoms with van der Waals surface area (Å²) in [6.07, 6.45) is 0.657. The van der Waals surface area contributed by atoms with Gasteiger partial charge in [0.05, 0.1) is 25.9 Å². The summed E-state index contributed by atoms with van der Waals surface area (Å²) in [6, 6.07) is 12.8. The van der Waals surface area contributed by atoms with Crippen LogP contribution >= 0.6 is 0 Å². The van der Waals surface area contributed by atoms with Gasteiger partial charge in [-0.1, -0.05) is 24.3 Å². The molecule has 2 aromatic rings. The van der Waals surface area contributed by atoms with Gasteiger partial charge in [0.1, 0.15) is 17.3 Å². The molecule has 0 bridgehead atoms. The Morgan fingerprint density at radius 3 is 2.56 bits per heavy atom. The smallest absolute Gasteiger partial charge is 0.278 e. The fraction of sp³-hybridized carbons (Fsp3) is 0.333. The lowest BCUT2D eigenvalue weighted by Crippen LogP contribution is -2.39. The highest BCUT2D eigenvalue weighted by atomic mass is 19.1. The number of ether oxygens (including phenoxy) is 2. The SMILES string of the molecule is COc1ccccc1C1=C(Nc2cccc(F)c2)C(=O)N(CCCN2CCOCC2)C1=O. The first kappa shape index (κ1) is 22.0. The molecule has 2 aliphatic heterocycles. The van der Waals surface area contributed by atoms with Crippen LogP contribution in [-0.4, -0.2) is 68.1 Å². The van der Waals surface area contributed by atoms with Crippen molar-refractivity contribution in [1.82, 2.24) is 9.80 Å². The van der Waals surface area contributed by atoms with E-state index < -0.39 is 11.7 Å². The molecule has 0 aromatic heterocycles. The molecular weight excluding hydrogens is 413 g/mol. The number of rotatable bonds is 8. The number of para-hydroxylation sites is 1. The van der Waals surface area contributed by atoms with Crippen LogP contribution in [0.3, 0.4) is 0 Å². The topological polar surface area (TPSA) is 71.1 Å².